The number of carbonyl (C=O) groups is 1. The van der Waals surface area contributed by atoms with Crippen LogP contribution in [0.25, 0.3) is 5.65 Å². The van der Waals surface area contributed by atoms with Gasteiger partial charge in [-0.15, -0.1) is 0 Å². The number of benzene rings is 1. The predicted molar refractivity (Wildman–Crippen MR) is 164 cm³/mol. The monoisotopic (exact) mass is 612 g/mol. The number of nitrogens with zero attached hydrogens (tertiary/aromatic N) is 6. The Kier molecular flexibility index (Phi) is 10.1. The zero-order valence-corrected chi connectivity index (χ0v) is 25.9. The van der Waals surface area contributed by atoms with Crippen molar-refractivity contribution in [1.29, 1.82) is 0 Å². The molecule has 0 N–H and O–H groups in total. The Morgan fingerprint density at radius 3 is 2.55 bits per heavy atom. The van der Waals surface area contributed by atoms with E-state index in [-0.39, 0.29) is 22.7 Å². The molecule has 6 rings (SSSR count). The molecule has 1 spiro atoms. The van der Waals surface area contributed by atoms with Crippen LogP contribution >= 0.6 is 0 Å². The highest BCUT2D eigenvalue weighted by molar-refractivity contribution is 5.49. The fraction of sp³-hybridized carbons (Fsp3) is 0.545. The van der Waals surface area contributed by atoms with E-state index in [1.54, 1.807) is 11.1 Å². The Morgan fingerprint density at radius 1 is 1.07 bits per heavy atom. The number of pyridine rings is 1. The van der Waals surface area contributed by atoms with E-state index in [2.05, 4.69) is 33.7 Å². The number of rotatable bonds is 6. The summed E-state index contributed by atoms with van der Waals surface area (Å²) in [5.41, 5.74) is 1.42. The van der Waals surface area contributed by atoms with Gasteiger partial charge in [0.2, 0.25) is 6.41 Å². The van der Waals surface area contributed by atoms with E-state index in [0.29, 0.717) is 30.7 Å². The van der Waals surface area contributed by atoms with Crippen LogP contribution in [0.15, 0.2) is 47.5 Å². The summed E-state index contributed by atoms with van der Waals surface area (Å²) in [6, 6.07) is 6.18. The minimum absolute atomic E-state index is 0.161. The normalized spacial score (nSPS) is 22.4. The van der Waals surface area contributed by atoms with E-state index in [0.717, 1.165) is 51.1 Å². The number of carbonyl (C=O) groups excluding carboxylic acids is 1. The first-order valence-corrected chi connectivity index (χ1v) is 15.6. The van der Waals surface area contributed by atoms with Crippen molar-refractivity contribution >= 4 is 12.1 Å². The Balaban J connectivity index is 0.000000178. The second kappa shape index (κ2) is 13.8. The SMILES string of the molecule is CCN(C)C1CCN(C=O)C(c2cc(F)ccc2F)C1.CN1CCN(Cc2cnc3ccc(F)cn3c2=O)C2(CCCC2)C1. The molecule has 0 radical (unpaired) electrons. The first-order valence-electron chi connectivity index (χ1n) is 15.6. The molecule has 2 aromatic heterocycles. The van der Waals surface area contributed by atoms with Crippen LogP contribution in [0.2, 0.25) is 0 Å². The third kappa shape index (κ3) is 6.84. The largest absolute Gasteiger partial charge is 0.338 e. The molecule has 2 saturated heterocycles. The molecular weight excluding hydrogens is 569 g/mol. The molecule has 238 valence electrons. The summed E-state index contributed by atoms with van der Waals surface area (Å²) in [6.45, 7) is 7.15. The number of hydrogen-bond donors (Lipinski definition) is 0. The maximum Gasteiger partial charge on any atom is 0.262 e. The molecule has 8 nitrogen and oxygen atoms in total. The number of likely N-dealkylation sites (tertiary alicyclic amines) is 1. The molecule has 1 aliphatic carbocycles. The number of aromatic nitrogens is 2. The number of halogens is 3. The van der Waals surface area contributed by atoms with Gasteiger partial charge in [-0.3, -0.25) is 18.9 Å². The maximum atomic E-state index is 14.0. The minimum Gasteiger partial charge on any atom is -0.338 e. The summed E-state index contributed by atoms with van der Waals surface area (Å²) in [6.07, 6.45) is 9.99. The third-order valence-corrected chi connectivity index (χ3v) is 9.81. The molecule has 3 aromatic rings. The van der Waals surface area contributed by atoms with Gasteiger partial charge < -0.3 is 14.7 Å². The van der Waals surface area contributed by atoms with Crippen LogP contribution in [-0.2, 0) is 11.3 Å². The summed E-state index contributed by atoms with van der Waals surface area (Å²) in [4.78, 5) is 36.9. The highest BCUT2D eigenvalue weighted by Gasteiger charge is 2.43. The fourth-order valence-electron chi connectivity index (χ4n) is 7.19. The fourth-order valence-corrected chi connectivity index (χ4v) is 7.19. The van der Waals surface area contributed by atoms with Gasteiger partial charge in [0.05, 0.1) is 11.6 Å². The average molecular weight is 613 g/mol. The van der Waals surface area contributed by atoms with E-state index in [4.69, 9.17) is 0 Å². The Bertz CT molecular complexity index is 1510. The third-order valence-electron chi connectivity index (χ3n) is 9.81. The van der Waals surface area contributed by atoms with Crippen LogP contribution < -0.4 is 5.56 Å². The van der Waals surface area contributed by atoms with Crippen molar-refractivity contribution in [3.63, 3.8) is 0 Å². The van der Waals surface area contributed by atoms with Crippen LogP contribution in [0, 0.1) is 17.5 Å². The average Bonchev–Trinajstić information content (AvgIpc) is 3.49. The van der Waals surface area contributed by atoms with Crippen LogP contribution in [0.1, 0.15) is 62.6 Å². The molecule has 0 bridgehead atoms. The van der Waals surface area contributed by atoms with Gasteiger partial charge in [0.25, 0.3) is 5.56 Å². The summed E-state index contributed by atoms with van der Waals surface area (Å²) >= 11 is 0. The van der Waals surface area contributed by atoms with E-state index in [9.17, 15) is 22.8 Å². The van der Waals surface area contributed by atoms with Crippen LogP contribution in [0.4, 0.5) is 13.2 Å². The van der Waals surface area contributed by atoms with Gasteiger partial charge in [0, 0.05) is 62.3 Å². The minimum atomic E-state index is -0.474. The number of amides is 1. The first kappa shape index (κ1) is 32.1. The maximum absolute atomic E-state index is 14.0. The highest BCUT2D eigenvalue weighted by atomic mass is 19.1. The van der Waals surface area contributed by atoms with Crippen molar-refractivity contribution in [2.45, 2.75) is 69.6 Å². The van der Waals surface area contributed by atoms with Gasteiger partial charge in [-0.05, 0) is 76.7 Å². The summed E-state index contributed by atoms with van der Waals surface area (Å²) in [7, 11) is 4.19. The lowest BCUT2D eigenvalue weighted by Crippen LogP contribution is -2.59. The van der Waals surface area contributed by atoms with Crippen molar-refractivity contribution in [1.82, 2.24) is 29.0 Å². The van der Waals surface area contributed by atoms with E-state index in [1.165, 1.54) is 54.5 Å². The van der Waals surface area contributed by atoms with Crippen LogP contribution in [-0.4, -0.2) is 93.8 Å². The Labute approximate surface area is 257 Å². The van der Waals surface area contributed by atoms with Gasteiger partial charge in [0.15, 0.2) is 0 Å². The molecule has 3 fully saturated rings. The van der Waals surface area contributed by atoms with Crippen molar-refractivity contribution in [2.24, 2.45) is 0 Å². The molecule has 1 saturated carbocycles. The lowest BCUT2D eigenvalue weighted by atomic mass is 9.91. The predicted octanol–water partition coefficient (Wildman–Crippen LogP) is 4.47. The number of piperidine rings is 1. The van der Waals surface area contributed by atoms with E-state index >= 15 is 0 Å². The Morgan fingerprint density at radius 2 is 1.82 bits per heavy atom. The molecule has 2 unspecified atom stereocenters. The first-order chi connectivity index (χ1) is 21.1. The number of piperazine rings is 1. The lowest BCUT2D eigenvalue weighted by Gasteiger charge is -2.48. The van der Waals surface area contributed by atoms with Crippen molar-refractivity contribution < 1.29 is 18.0 Å². The molecule has 3 aliphatic rings. The standard InChI is InChI=1S/C18H23FN4O.C15H20F2N2O/c1-21-8-9-22(18(13-21)6-2-3-7-18)11-14-10-20-16-5-4-15(19)12-23(16)17(14)24;1-3-18(2)12-6-7-19(10-20)15(9-12)13-8-11(16)4-5-14(13)17/h4-5,10,12H,2-3,6-9,11,13H2,1H3;4-5,8,10,12,15H,3,6-7,9H2,1-2H3. The summed E-state index contributed by atoms with van der Waals surface area (Å²) in [5, 5.41) is 0. The molecule has 44 heavy (non-hydrogen) atoms. The van der Waals surface area contributed by atoms with Gasteiger partial charge in [-0.1, -0.05) is 19.8 Å². The van der Waals surface area contributed by atoms with Gasteiger partial charge >= 0.3 is 0 Å². The lowest BCUT2D eigenvalue weighted by molar-refractivity contribution is -0.122. The smallest absolute Gasteiger partial charge is 0.262 e. The van der Waals surface area contributed by atoms with Crippen molar-refractivity contribution in [3.8, 4) is 0 Å². The summed E-state index contributed by atoms with van der Waals surface area (Å²) < 4.78 is 42.1. The Hall–Kier alpha value is -3.28. The molecule has 1 amide bonds. The molecule has 2 atom stereocenters. The van der Waals surface area contributed by atoms with E-state index < -0.39 is 23.5 Å². The van der Waals surface area contributed by atoms with Gasteiger partial charge in [-0.25, -0.2) is 18.2 Å². The molecular formula is C33H43F3N6O2. The van der Waals surface area contributed by atoms with E-state index in [1.807, 2.05) is 7.05 Å². The number of hydrogen-bond acceptors (Lipinski definition) is 6. The van der Waals surface area contributed by atoms with Crippen LogP contribution in [0.5, 0.6) is 0 Å². The molecule has 2 aliphatic heterocycles. The number of fused-ring (bicyclic) bond motifs is 1. The van der Waals surface area contributed by atoms with Crippen molar-refractivity contribution in [3.05, 3.63) is 81.7 Å². The van der Waals surface area contributed by atoms with Gasteiger partial charge in [0.1, 0.15) is 23.1 Å². The van der Waals surface area contributed by atoms with Gasteiger partial charge in [-0.2, -0.15) is 0 Å². The second-order valence-electron chi connectivity index (χ2n) is 12.5. The van der Waals surface area contributed by atoms with Crippen molar-refractivity contribution in [2.75, 3.05) is 46.8 Å². The summed E-state index contributed by atoms with van der Waals surface area (Å²) in [5.74, 6) is -1.35. The molecule has 4 heterocycles. The zero-order chi connectivity index (χ0) is 31.4. The zero-order valence-electron chi connectivity index (χ0n) is 25.9. The van der Waals surface area contributed by atoms with Crippen LogP contribution in [0.3, 0.4) is 0 Å². The molecule has 11 heteroatoms. The molecule has 1 aromatic carbocycles. The quantitative estimate of drug-likeness (QED) is 0.383. The second-order valence-corrected chi connectivity index (χ2v) is 12.5. The number of likely N-dealkylation sites (N-methyl/N-ethyl adjacent to an activating group) is 1. The highest BCUT2D eigenvalue weighted by Crippen LogP contribution is 2.38. The topological polar surface area (TPSA) is 64.4 Å².